The first-order valence-corrected chi connectivity index (χ1v) is 9.53. The van der Waals surface area contributed by atoms with Gasteiger partial charge in [0.15, 0.2) is 0 Å². The maximum absolute atomic E-state index is 12.2. The predicted octanol–water partition coefficient (Wildman–Crippen LogP) is 1.89. The minimum Gasteiger partial charge on any atom is -0.396 e. The number of primary amides is 1. The van der Waals surface area contributed by atoms with Crippen molar-refractivity contribution in [1.82, 2.24) is 4.72 Å². The lowest BCUT2D eigenvalue weighted by Crippen LogP contribution is -2.24. The summed E-state index contributed by atoms with van der Waals surface area (Å²) in [5, 5.41) is 8.70. The molecule has 0 spiro atoms. The molecule has 0 atom stereocenters. The second kappa shape index (κ2) is 8.75. The summed E-state index contributed by atoms with van der Waals surface area (Å²) in [6, 6.07) is 13.3. The van der Waals surface area contributed by atoms with Gasteiger partial charge in [-0.2, -0.15) is 0 Å². The van der Waals surface area contributed by atoms with Crippen molar-refractivity contribution in [3.05, 3.63) is 54.1 Å². The van der Waals surface area contributed by atoms with Crippen molar-refractivity contribution < 1.29 is 18.3 Å². The third kappa shape index (κ3) is 5.38. The summed E-state index contributed by atoms with van der Waals surface area (Å²) in [5.74, 6) is -0.488. The lowest BCUT2D eigenvalue weighted by molar-refractivity contribution is 0.100. The second-order valence-electron chi connectivity index (χ2n) is 5.65. The zero-order valence-electron chi connectivity index (χ0n) is 13.8. The number of carbonyl (C=O) groups excluding carboxylic acids is 1. The smallest absolute Gasteiger partial charge is 0.248 e. The molecule has 0 saturated heterocycles. The molecule has 2 aromatic rings. The molecule has 25 heavy (non-hydrogen) atoms. The van der Waals surface area contributed by atoms with E-state index in [1.807, 2.05) is 0 Å². The van der Waals surface area contributed by atoms with Gasteiger partial charge in [-0.3, -0.25) is 4.79 Å². The molecule has 6 nitrogen and oxygen atoms in total. The number of carbonyl (C=O) groups is 1. The van der Waals surface area contributed by atoms with Crippen LogP contribution in [0.5, 0.6) is 0 Å². The van der Waals surface area contributed by atoms with Gasteiger partial charge >= 0.3 is 0 Å². The van der Waals surface area contributed by atoms with Crippen molar-refractivity contribution in [2.45, 2.75) is 24.2 Å². The number of unbranched alkanes of at least 4 members (excludes halogenated alkanes) is 2. The fourth-order valence-electron chi connectivity index (χ4n) is 2.36. The molecule has 134 valence electrons. The molecule has 0 bridgehead atoms. The Labute approximate surface area is 147 Å². The zero-order chi connectivity index (χ0) is 18.3. The van der Waals surface area contributed by atoms with E-state index in [-0.39, 0.29) is 11.5 Å². The maximum Gasteiger partial charge on any atom is 0.248 e. The van der Waals surface area contributed by atoms with Crippen molar-refractivity contribution >= 4 is 15.9 Å². The summed E-state index contributed by atoms with van der Waals surface area (Å²) in [4.78, 5) is 11.3. The Balaban J connectivity index is 2.04. The Morgan fingerprint density at radius 2 is 1.48 bits per heavy atom. The van der Waals surface area contributed by atoms with Crippen molar-refractivity contribution in [3.63, 3.8) is 0 Å². The Hall–Kier alpha value is -2.22. The van der Waals surface area contributed by atoms with Crippen LogP contribution in [0.4, 0.5) is 0 Å². The first-order valence-electron chi connectivity index (χ1n) is 8.05. The lowest BCUT2D eigenvalue weighted by Gasteiger charge is -2.08. The number of nitrogens with two attached hydrogens (primary N) is 1. The van der Waals surface area contributed by atoms with Crippen LogP contribution in [0.2, 0.25) is 0 Å². The molecule has 7 heteroatoms. The summed E-state index contributed by atoms with van der Waals surface area (Å²) in [6.07, 6.45) is 2.13. The summed E-state index contributed by atoms with van der Waals surface area (Å²) in [7, 11) is -3.54. The fourth-order valence-corrected chi connectivity index (χ4v) is 3.43. The van der Waals surface area contributed by atoms with Crippen LogP contribution in [-0.2, 0) is 10.0 Å². The van der Waals surface area contributed by atoms with E-state index in [4.69, 9.17) is 10.8 Å². The lowest BCUT2D eigenvalue weighted by atomic mass is 10.0. The quantitative estimate of drug-likeness (QED) is 0.592. The van der Waals surface area contributed by atoms with Gasteiger partial charge in [0.2, 0.25) is 15.9 Å². The predicted molar refractivity (Wildman–Crippen MR) is 96.5 cm³/mol. The highest BCUT2D eigenvalue weighted by Crippen LogP contribution is 2.21. The molecule has 4 N–H and O–H groups in total. The van der Waals surface area contributed by atoms with Gasteiger partial charge in [0.05, 0.1) is 4.90 Å². The molecule has 0 aliphatic carbocycles. The van der Waals surface area contributed by atoms with E-state index in [9.17, 15) is 13.2 Å². The molecule has 1 amide bonds. The summed E-state index contributed by atoms with van der Waals surface area (Å²) in [6.45, 7) is 0.466. The molecular weight excluding hydrogens is 340 g/mol. The van der Waals surface area contributed by atoms with Crippen LogP contribution in [0.25, 0.3) is 11.1 Å². The van der Waals surface area contributed by atoms with Crippen molar-refractivity contribution in [3.8, 4) is 11.1 Å². The monoisotopic (exact) mass is 362 g/mol. The van der Waals surface area contributed by atoms with Crippen molar-refractivity contribution in [2.24, 2.45) is 5.73 Å². The van der Waals surface area contributed by atoms with Crippen LogP contribution >= 0.6 is 0 Å². The molecule has 0 heterocycles. The van der Waals surface area contributed by atoms with Gasteiger partial charge in [0, 0.05) is 18.7 Å². The number of aliphatic hydroxyl groups is 1. The molecule has 0 aliphatic rings. The molecule has 0 radical (unpaired) electrons. The van der Waals surface area contributed by atoms with Gasteiger partial charge < -0.3 is 10.8 Å². The zero-order valence-corrected chi connectivity index (χ0v) is 14.6. The number of nitrogens with one attached hydrogen (secondary N) is 1. The first kappa shape index (κ1) is 19.1. The molecule has 0 aromatic heterocycles. The van der Waals surface area contributed by atoms with E-state index >= 15 is 0 Å². The van der Waals surface area contributed by atoms with Gasteiger partial charge in [0.25, 0.3) is 0 Å². The minimum absolute atomic E-state index is 0.120. The highest BCUT2D eigenvalue weighted by molar-refractivity contribution is 7.89. The minimum atomic E-state index is -3.54. The summed E-state index contributed by atoms with van der Waals surface area (Å²) < 4.78 is 27.0. The van der Waals surface area contributed by atoms with E-state index in [0.717, 1.165) is 17.5 Å². The number of amides is 1. The van der Waals surface area contributed by atoms with Gasteiger partial charge in [-0.25, -0.2) is 13.1 Å². The van der Waals surface area contributed by atoms with Gasteiger partial charge in [0.1, 0.15) is 0 Å². The van der Waals surface area contributed by atoms with E-state index in [1.165, 1.54) is 0 Å². The number of aliphatic hydroxyl groups excluding tert-OH is 1. The molecule has 0 unspecified atom stereocenters. The number of hydrogen-bond donors (Lipinski definition) is 3. The van der Waals surface area contributed by atoms with Crippen molar-refractivity contribution in [2.75, 3.05) is 13.2 Å². The fraction of sp³-hybridized carbons (Fsp3) is 0.278. The highest BCUT2D eigenvalue weighted by Gasteiger charge is 2.13. The van der Waals surface area contributed by atoms with Crippen LogP contribution in [0.3, 0.4) is 0 Å². The van der Waals surface area contributed by atoms with Crippen LogP contribution in [0, 0.1) is 0 Å². The molecule has 0 aliphatic heterocycles. The standard InChI is InChI=1S/C18H22N2O4S/c19-18(22)16-6-4-14(5-7-16)15-8-10-17(11-9-15)25(23,24)20-12-2-1-3-13-21/h4-11,20-21H,1-3,12-13H2,(H2,19,22). The Bertz CT molecular complexity index is 800. The topological polar surface area (TPSA) is 109 Å². The highest BCUT2D eigenvalue weighted by atomic mass is 32.2. The number of benzene rings is 2. The molecule has 2 rings (SSSR count). The average molecular weight is 362 g/mol. The van der Waals surface area contributed by atoms with E-state index in [0.29, 0.717) is 24.9 Å². The first-order chi connectivity index (χ1) is 11.9. The third-order valence-corrected chi connectivity index (χ3v) is 5.27. The van der Waals surface area contributed by atoms with Crippen LogP contribution in [0.1, 0.15) is 29.6 Å². The Kier molecular flexibility index (Phi) is 6.69. The van der Waals surface area contributed by atoms with Crippen molar-refractivity contribution in [1.29, 1.82) is 0 Å². The molecular formula is C18H22N2O4S. The van der Waals surface area contributed by atoms with E-state index in [2.05, 4.69) is 4.72 Å². The number of hydrogen-bond acceptors (Lipinski definition) is 4. The maximum atomic E-state index is 12.2. The average Bonchev–Trinajstić information content (AvgIpc) is 2.62. The summed E-state index contributed by atoms with van der Waals surface area (Å²) in [5.41, 5.74) is 7.35. The Morgan fingerprint density at radius 1 is 0.920 bits per heavy atom. The summed E-state index contributed by atoms with van der Waals surface area (Å²) >= 11 is 0. The second-order valence-corrected chi connectivity index (χ2v) is 7.41. The SMILES string of the molecule is NC(=O)c1ccc(-c2ccc(S(=O)(=O)NCCCCCO)cc2)cc1. The van der Waals surface area contributed by atoms with Crippen LogP contribution in [0.15, 0.2) is 53.4 Å². The molecule has 0 fully saturated rings. The van der Waals surface area contributed by atoms with Crippen LogP contribution in [-0.4, -0.2) is 32.6 Å². The van der Waals surface area contributed by atoms with Gasteiger partial charge in [-0.05, 0) is 54.7 Å². The van der Waals surface area contributed by atoms with Gasteiger partial charge in [-0.15, -0.1) is 0 Å². The normalized spacial score (nSPS) is 11.4. The largest absolute Gasteiger partial charge is 0.396 e. The number of sulfonamides is 1. The van der Waals surface area contributed by atoms with Crippen LogP contribution < -0.4 is 10.5 Å². The molecule has 2 aromatic carbocycles. The van der Waals surface area contributed by atoms with Gasteiger partial charge in [-0.1, -0.05) is 24.3 Å². The third-order valence-electron chi connectivity index (χ3n) is 3.79. The Morgan fingerprint density at radius 3 is 2.00 bits per heavy atom. The number of rotatable bonds is 9. The van der Waals surface area contributed by atoms with E-state index < -0.39 is 15.9 Å². The van der Waals surface area contributed by atoms with E-state index in [1.54, 1.807) is 48.5 Å². The molecule has 0 saturated carbocycles.